The Kier molecular flexibility index (Phi) is 7.77. The molecule has 0 saturated carbocycles. The Labute approximate surface area is 215 Å². The molecule has 37 heavy (non-hydrogen) atoms. The van der Waals surface area contributed by atoms with Crippen LogP contribution in [0.4, 0.5) is 0 Å². The third-order valence-electron chi connectivity index (χ3n) is 6.23. The first-order valence-electron chi connectivity index (χ1n) is 12.0. The highest BCUT2D eigenvalue weighted by atomic mass is 16.2. The first-order chi connectivity index (χ1) is 17.9. The number of rotatable bonds is 9. The summed E-state index contributed by atoms with van der Waals surface area (Å²) in [6.07, 6.45) is 5.40. The first-order valence-corrected chi connectivity index (χ1v) is 12.0. The lowest BCUT2D eigenvalue weighted by atomic mass is 9.98. The van der Waals surface area contributed by atoms with Gasteiger partial charge in [0.1, 0.15) is 0 Å². The number of aromatic nitrogens is 2. The van der Waals surface area contributed by atoms with Gasteiger partial charge in [0.15, 0.2) is 12.1 Å². The van der Waals surface area contributed by atoms with Crippen molar-refractivity contribution in [1.82, 2.24) is 25.4 Å². The van der Waals surface area contributed by atoms with Crippen molar-refractivity contribution in [2.75, 3.05) is 20.1 Å². The van der Waals surface area contributed by atoms with Gasteiger partial charge in [-0.3, -0.25) is 15.0 Å². The minimum absolute atomic E-state index is 0.000615. The van der Waals surface area contributed by atoms with Gasteiger partial charge in [-0.1, -0.05) is 36.9 Å². The Morgan fingerprint density at radius 3 is 2.68 bits per heavy atom. The van der Waals surface area contributed by atoms with Crippen molar-refractivity contribution in [3.8, 4) is 5.69 Å². The summed E-state index contributed by atoms with van der Waals surface area (Å²) in [5.41, 5.74) is 11.5. The van der Waals surface area contributed by atoms with Gasteiger partial charge in [0.2, 0.25) is 5.91 Å². The van der Waals surface area contributed by atoms with Crippen LogP contribution in [0.15, 0.2) is 83.8 Å². The number of carbonyl (C=O) groups excluding carboxylic acids is 2. The maximum atomic E-state index is 12.2. The van der Waals surface area contributed by atoms with Crippen molar-refractivity contribution < 1.29 is 9.59 Å². The summed E-state index contributed by atoms with van der Waals surface area (Å²) in [5.74, 6) is -0.156. The molecule has 1 unspecified atom stereocenters. The van der Waals surface area contributed by atoms with Crippen LogP contribution in [-0.2, 0) is 9.59 Å². The minimum Gasteiger partial charge on any atom is -0.382 e. The fourth-order valence-corrected chi connectivity index (χ4v) is 4.41. The van der Waals surface area contributed by atoms with Gasteiger partial charge in [-0.2, -0.15) is 10.2 Å². The van der Waals surface area contributed by atoms with Gasteiger partial charge in [-0.25, -0.2) is 4.68 Å². The number of hydrogen-bond acceptors (Lipinski definition) is 7. The lowest BCUT2D eigenvalue weighted by Crippen LogP contribution is -2.48. The van der Waals surface area contributed by atoms with Crippen LogP contribution in [0.1, 0.15) is 18.4 Å². The van der Waals surface area contributed by atoms with E-state index in [4.69, 9.17) is 11.1 Å². The van der Waals surface area contributed by atoms with Crippen LogP contribution in [0.3, 0.4) is 0 Å². The molecule has 1 aliphatic rings. The molecule has 1 atom stereocenters. The zero-order valence-corrected chi connectivity index (χ0v) is 20.6. The zero-order valence-electron chi connectivity index (χ0n) is 20.6. The molecule has 0 spiro atoms. The number of aldehydes is 1. The third kappa shape index (κ3) is 5.58. The Hall–Kier alpha value is -4.73. The molecule has 1 aliphatic heterocycles. The number of nitrogens with one attached hydrogen (secondary N) is 3. The molecule has 0 radical (unpaired) electrons. The van der Waals surface area contributed by atoms with E-state index >= 15 is 0 Å². The summed E-state index contributed by atoms with van der Waals surface area (Å²) in [7, 11) is 1.59. The van der Waals surface area contributed by atoms with Crippen molar-refractivity contribution in [2.45, 2.75) is 18.9 Å². The van der Waals surface area contributed by atoms with E-state index in [1.165, 1.54) is 6.08 Å². The van der Waals surface area contributed by atoms with Gasteiger partial charge in [0.25, 0.3) is 0 Å². The number of benzene rings is 2. The largest absolute Gasteiger partial charge is 0.382 e. The third-order valence-corrected chi connectivity index (χ3v) is 6.23. The van der Waals surface area contributed by atoms with E-state index in [9.17, 15) is 9.59 Å². The van der Waals surface area contributed by atoms with E-state index in [0.29, 0.717) is 24.9 Å². The molecule has 3 aromatic rings. The summed E-state index contributed by atoms with van der Waals surface area (Å²) < 4.78 is 1.78. The van der Waals surface area contributed by atoms with E-state index in [1.54, 1.807) is 28.8 Å². The van der Waals surface area contributed by atoms with Crippen LogP contribution < -0.4 is 16.5 Å². The van der Waals surface area contributed by atoms with E-state index in [2.05, 4.69) is 27.5 Å². The molecular weight excluding hydrogens is 468 g/mol. The SMILES string of the molecule is C=CC(=O)N1CCCC(N/C(C=O)=C(C(=N)c2ccc(-n3cc4ccccc4n3)cc2)/C(N)=N\NC)C1. The average Bonchev–Trinajstić information content (AvgIpc) is 3.37. The molecule has 4 rings (SSSR count). The van der Waals surface area contributed by atoms with Gasteiger partial charge in [-0.15, -0.1) is 0 Å². The first kappa shape index (κ1) is 25.4. The number of hydrogen-bond donors (Lipinski definition) is 4. The lowest BCUT2D eigenvalue weighted by molar-refractivity contribution is -0.127. The number of fused-ring (bicyclic) bond motifs is 1. The van der Waals surface area contributed by atoms with Crippen LogP contribution in [0.25, 0.3) is 16.6 Å². The maximum absolute atomic E-state index is 12.2. The standard InChI is InChI=1S/C27H30N8O2/c1-3-24(37)34-14-6-8-20(16-34)31-23(17-36)25(27(29)32-30-2)26(28)18-10-12-21(13-11-18)35-15-19-7-4-5-9-22(19)33-35/h3-5,7,9-13,15,17,20,28,30-31H,1,6,8,14,16H2,2H3,(H2,29,32)/b25-23+,28-26?. The van der Waals surface area contributed by atoms with E-state index < -0.39 is 0 Å². The van der Waals surface area contributed by atoms with Crippen molar-refractivity contribution in [3.05, 3.63) is 84.2 Å². The van der Waals surface area contributed by atoms with Crippen LogP contribution in [0, 0.1) is 5.41 Å². The molecule has 2 aromatic carbocycles. The van der Waals surface area contributed by atoms with Crippen molar-refractivity contribution in [3.63, 3.8) is 0 Å². The molecule has 190 valence electrons. The number of amidine groups is 1. The van der Waals surface area contributed by atoms with Crippen LogP contribution in [0.2, 0.25) is 0 Å². The highest BCUT2D eigenvalue weighted by Crippen LogP contribution is 2.19. The highest BCUT2D eigenvalue weighted by Gasteiger charge is 2.25. The molecular formula is C27H30N8O2. The molecule has 0 bridgehead atoms. The van der Waals surface area contributed by atoms with Gasteiger partial charge in [-0.05, 0) is 37.1 Å². The minimum atomic E-state index is -0.181. The summed E-state index contributed by atoms with van der Waals surface area (Å²) in [6, 6.07) is 14.9. The van der Waals surface area contributed by atoms with Gasteiger partial charge >= 0.3 is 0 Å². The number of hydrazone groups is 1. The second-order valence-electron chi connectivity index (χ2n) is 8.65. The summed E-state index contributed by atoms with van der Waals surface area (Å²) in [5, 5.41) is 21.8. The molecule has 1 saturated heterocycles. The monoisotopic (exact) mass is 498 g/mol. The molecule has 10 nitrogen and oxygen atoms in total. The fraction of sp³-hybridized carbons (Fsp3) is 0.222. The molecule has 5 N–H and O–H groups in total. The zero-order chi connectivity index (χ0) is 26.4. The predicted molar refractivity (Wildman–Crippen MR) is 145 cm³/mol. The summed E-state index contributed by atoms with van der Waals surface area (Å²) in [6.45, 7) is 4.60. The predicted octanol–water partition coefficient (Wildman–Crippen LogP) is 2.10. The van der Waals surface area contributed by atoms with Crippen molar-refractivity contribution in [2.24, 2.45) is 10.8 Å². The molecule has 1 amide bonds. The Bertz CT molecular complexity index is 1350. The number of nitrogens with two attached hydrogens (primary N) is 1. The molecule has 1 aromatic heterocycles. The van der Waals surface area contributed by atoms with Crippen molar-refractivity contribution in [1.29, 1.82) is 5.41 Å². The molecule has 10 heteroatoms. The summed E-state index contributed by atoms with van der Waals surface area (Å²) >= 11 is 0. The van der Waals surface area contributed by atoms with Gasteiger partial charge in [0, 0.05) is 43.3 Å². The Morgan fingerprint density at radius 1 is 1.24 bits per heavy atom. The molecule has 0 aliphatic carbocycles. The average molecular weight is 499 g/mol. The second-order valence-corrected chi connectivity index (χ2v) is 8.65. The Morgan fingerprint density at radius 2 is 2.00 bits per heavy atom. The Balaban J connectivity index is 1.63. The van der Waals surface area contributed by atoms with E-state index in [1.807, 2.05) is 42.6 Å². The number of allylic oxidation sites excluding steroid dienone is 1. The smallest absolute Gasteiger partial charge is 0.246 e. The number of nitrogens with zero attached hydrogens (tertiary/aromatic N) is 4. The van der Waals surface area contributed by atoms with Crippen LogP contribution in [-0.4, -0.2) is 64.6 Å². The second kappa shape index (κ2) is 11.3. The van der Waals surface area contributed by atoms with Gasteiger partial charge < -0.3 is 21.4 Å². The number of likely N-dealkylation sites (tertiary alicyclic amines) is 1. The van der Waals surface area contributed by atoms with E-state index in [0.717, 1.165) is 29.4 Å². The van der Waals surface area contributed by atoms with Crippen LogP contribution in [0.5, 0.6) is 0 Å². The summed E-state index contributed by atoms with van der Waals surface area (Å²) in [4.78, 5) is 26.0. The fourth-order valence-electron chi connectivity index (χ4n) is 4.41. The number of carbonyl (C=O) groups is 2. The van der Waals surface area contributed by atoms with Crippen LogP contribution >= 0.6 is 0 Å². The maximum Gasteiger partial charge on any atom is 0.246 e. The van der Waals surface area contributed by atoms with E-state index in [-0.39, 0.29) is 34.8 Å². The quantitative estimate of drug-likeness (QED) is 0.117. The van der Waals surface area contributed by atoms with Crippen molar-refractivity contribution >= 4 is 34.6 Å². The highest BCUT2D eigenvalue weighted by molar-refractivity contribution is 6.30. The van der Waals surface area contributed by atoms with Gasteiger partial charge in [0.05, 0.1) is 28.2 Å². The lowest BCUT2D eigenvalue weighted by Gasteiger charge is -2.33. The topological polar surface area (TPSA) is 141 Å². The normalized spacial score (nSPS) is 16.6. The number of piperidine rings is 1. The number of amides is 1. The molecule has 1 fully saturated rings. The molecule has 2 heterocycles.